The Labute approximate surface area is 132 Å². The lowest BCUT2D eigenvalue weighted by Crippen LogP contribution is -2.41. The van der Waals surface area contributed by atoms with Gasteiger partial charge in [-0.05, 0) is 37.9 Å². The van der Waals surface area contributed by atoms with Crippen LogP contribution >= 0.6 is 23.7 Å². The molecule has 1 atom stereocenters. The molecule has 1 aliphatic rings. The standard InChI is InChI=1S/C13H22N2O2S2.ClH/c1-3-9-15(11-7-8-14-10-11)19(16,17)13-6-5-12(4-2)18-13;/h5-6,11,14H,3-4,7-10H2,1-2H3;1H. The van der Waals surface area contributed by atoms with E-state index in [4.69, 9.17) is 0 Å². The van der Waals surface area contributed by atoms with Gasteiger partial charge < -0.3 is 5.32 Å². The first-order valence-electron chi connectivity index (χ1n) is 6.90. The molecule has 0 saturated carbocycles. The Hall–Kier alpha value is -0.140. The minimum Gasteiger partial charge on any atom is -0.315 e. The van der Waals surface area contributed by atoms with Gasteiger partial charge in [0.1, 0.15) is 4.21 Å². The van der Waals surface area contributed by atoms with E-state index in [-0.39, 0.29) is 18.4 Å². The van der Waals surface area contributed by atoms with Crippen LogP contribution in [0.25, 0.3) is 0 Å². The number of aryl methyl sites for hydroxylation is 1. The lowest BCUT2D eigenvalue weighted by Gasteiger charge is -2.26. The third-order valence-corrected chi connectivity index (χ3v) is 7.08. The molecule has 0 radical (unpaired) electrons. The maximum Gasteiger partial charge on any atom is 0.252 e. The lowest BCUT2D eigenvalue weighted by atomic mass is 10.2. The molecule has 7 heteroatoms. The summed E-state index contributed by atoms with van der Waals surface area (Å²) in [5.41, 5.74) is 0. The van der Waals surface area contributed by atoms with E-state index < -0.39 is 10.0 Å². The number of hydrogen-bond donors (Lipinski definition) is 1. The first-order chi connectivity index (χ1) is 9.09. The maximum absolute atomic E-state index is 12.7. The van der Waals surface area contributed by atoms with Gasteiger partial charge in [-0.15, -0.1) is 23.7 Å². The van der Waals surface area contributed by atoms with Gasteiger partial charge in [0.2, 0.25) is 0 Å². The highest BCUT2D eigenvalue weighted by molar-refractivity contribution is 7.91. The van der Waals surface area contributed by atoms with Crippen molar-refractivity contribution in [3.05, 3.63) is 17.0 Å². The number of halogens is 1. The summed E-state index contributed by atoms with van der Waals surface area (Å²) in [6, 6.07) is 3.79. The van der Waals surface area contributed by atoms with Gasteiger partial charge in [0.25, 0.3) is 10.0 Å². The summed E-state index contributed by atoms with van der Waals surface area (Å²) < 4.78 is 27.7. The van der Waals surface area contributed by atoms with Gasteiger partial charge in [0.05, 0.1) is 0 Å². The van der Waals surface area contributed by atoms with E-state index in [2.05, 4.69) is 5.32 Å². The van der Waals surface area contributed by atoms with Gasteiger partial charge in [0.15, 0.2) is 0 Å². The summed E-state index contributed by atoms with van der Waals surface area (Å²) in [6.45, 7) is 6.36. The normalized spacial score (nSPS) is 19.2. The Kier molecular flexibility index (Phi) is 6.94. The molecule has 1 aliphatic heterocycles. The average molecular weight is 339 g/mol. The van der Waals surface area contributed by atoms with Crippen molar-refractivity contribution in [3.63, 3.8) is 0 Å². The van der Waals surface area contributed by atoms with Crippen LogP contribution in [0.5, 0.6) is 0 Å². The molecule has 1 saturated heterocycles. The predicted molar refractivity (Wildman–Crippen MR) is 86.4 cm³/mol. The van der Waals surface area contributed by atoms with Crippen molar-refractivity contribution >= 4 is 33.8 Å². The Morgan fingerprint density at radius 3 is 2.65 bits per heavy atom. The largest absolute Gasteiger partial charge is 0.315 e. The van der Waals surface area contributed by atoms with Crippen molar-refractivity contribution in [2.24, 2.45) is 0 Å². The van der Waals surface area contributed by atoms with E-state index in [1.54, 1.807) is 10.4 Å². The van der Waals surface area contributed by atoms with E-state index in [1.165, 1.54) is 11.3 Å². The minimum absolute atomic E-state index is 0. The predicted octanol–water partition coefficient (Wildman–Crippen LogP) is 2.49. The van der Waals surface area contributed by atoms with Crippen molar-refractivity contribution in [1.82, 2.24) is 9.62 Å². The second-order valence-corrected chi connectivity index (χ2v) is 8.12. The molecule has 0 spiro atoms. The topological polar surface area (TPSA) is 49.4 Å². The molecule has 1 fully saturated rings. The van der Waals surface area contributed by atoms with Crippen molar-refractivity contribution < 1.29 is 8.42 Å². The number of sulfonamides is 1. The molecular weight excluding hydrogens is 316 g/mol. The molecule has 0 aromatic carbocycles. The Balaban J connectivity index is 0.00000200. The van der Waals surface area contributed by atoms with E-state index in [9.17, 15) is 8.42 Å². The first-order valence-corrected chi connectivity index (χ1v) is 9.16. The van der Waals surface area contributed by atoms with Crippen LogP contribution in [-0.4, -0.2) is 38.4 Å². The van der Waals surface area contributed by atoms with Crippen LogP contribution in [-0.2, 0) is 16.4 Å². The summed E-state index contributed by atoms with van der Waals surface area (Å²) in [5.74, 6) is 0. The van der Waals surface area contributed by atoms with Crippen molar-refractivity contribution in [2.75, 3.05) is 19.6 Å². The second-order valence-electron chi connectivity index (χ2n) is 4.84. The van der Waals surface area contributed by atoms with Crippen molar-refractivity contribution in [1.29, 1.82) is 0 Å². The molecule has 0 bridgehead atoms. The van der Waals surface area contributed by atoms with Gasteiger partial charge in [0, 0.05) is 24.0 Å². The van der Waals surface area contributed by atoms with E-state index in [1.807, 2.05) is 19.9 Å². The number of nitrogens with zero attached hydrogens (tertiary/aromatic N) is 1. The molecule has 2 rings (SSSR count). The van der Waals surface area contributed by atoms with Gasteiger partial charge in [-0.2, -0.15) is 4.31 Å². The average Bonchev–Trinajstić information content (AvgIpc) is 3.06. The molecule has 4 nitrogen and oxygen atoms in total. The monoisotopic (exact) mass is 338 g/mol. The number of thiophene rings is 1. The van der Waals surface area contributed by atoms with E-state index >= 15 is 0 Å². The molecule has 0 aliphatic carbocycles. The Morgan fingerprint density at radius 2 is 2.15 bits per heavy atom. The third-order valence-electron chi connectivity index (χ3n) is 3.43. The molecule has 116 valence electrons. The molecule has 0 amide bonds. The van der Waals surface area contributed by atoms with Crippen molar-refractivity contribution in [3.8, 4) is 0 Å². The van der Waals surface area contributed by atoms with Gasteiger partial charge in [-0.1, -0.05) is 13.8 Å². The van der Waals surface area contributed by atoms with E-state index in [0.717, 1.165) is 37.2 Å². The highest BCUT2D eigenvalue weighted by Gasteiger charge is 2.33. The molecule has 1 aromatic rings. The molecule has 20 heavy (non-hydrogen) atoms. The van der Waals surface area contributed by atoms with Crippen molar-refractivity contribution in [2.45, 2.75) is 43.4 Å². The van der Waals surface area contributed by atoms with Gasteiger partial charge >= 0.3 is 0 Å². The molecule has 1 unspecified atom stereocenters. The van der Waals surface area contributed by atoms with Gasteiger partial charge in [-0.25, -0.2) is 8.42 Å². The van der Waals surface area contributed by atoms with Crippen LogP contribution < -0.4 is 5.32 Å². The first kappa shape index (κ1) is 17.9. The van der Waals surface area contributed by atoms with Crippen LogP contribution in [0.2, 0.25) is 0 Å². The highest BCUT2D eigenvalue weighted by Crippen LogP contribution is 2.27. The fraction of sp³-hybridized carbons (Fsp3) is 0.692. The lowest BCUT2D eigenvalue weighted by molar-refractivity contribution is 0.336. The highest BCUT2D eigenvalue weighted by atomic mass is 35.5. The molecule has 1 N–H and O–H groups in total. The second kappa shape index (κ2) is 7.75. The fourth-order valence-corrected chi connectivity index (χ4v) is 5.58. The summed E-state index contributed by atoms with van der Waals surface area (Å²) in [4.78, 5) is 1.12. The van der Waals surface area contributed by atoms with Crippen LogP contribution in [0, 0.1) is 0 Å². The smallest absolute Gasteiger partial charge is 0.252 e. The molecule has 1 aromatic heterocycles. The zero-order valence-corrected chi connectivity index (χ0v) is 14.4. The molecular formula is C13H23ClN2O2S2. The van der Waals surface area contributed by atoms with Crippen LogP contribution in [0.4, 0.5) is 0 Å². The Morgan fingerprint density at radius 1 is 1.40 bits per heavy atom. The van der Waals surface area contributed by atoms with Crippen LogP contribution in [0.1, 0.15) is 31.6 Å². The summed E-state index contributed by atoms with van der Waals surface area (Å²) in [6.07, 6.45) is 2.64. The van der Waals surface area contributed by atoms with Gasteiger partial charge in [-0.3, -0.25) is 0 Å². The number of rotatable bonds is 6. The number of hydrogen-bond acceptors (Lipinski definition) is 4. The summed E-state index contributed by atoms with van der Waals surface area (Å²) >= 11 is 1.40. The summed E-state index contributed by atoms with van der Waals surface area (Å²) in [5, 5.41) is 3.25. The van der Waals surface area contributed by atoms with Crippen LogP contribution in [0.15, 0.2) is 16.3 Å². The SMILES string of the molecule is CCCN(C1CCNC1)S(=O)(=O)c1ccc(CC)s1.Cl. The third kappa shape index (κ3) is 3.74. The zero-order chi connectivity index (χ0) is 13.9. The van der Waals surface area contributed by atoms with Crippen LogP contribution in [0.3, 0.4) is 0 Å². The summed E-state index contributed by atoms with van der Waals surface area (Å²) in [7, 11) is -3.32. The van der Waals surface area contributed by atoms with E-state index in [0.29, 0.717) is 10.8 Å². The molecule has 2 heterocycles. The number of nitrogens with one attached hydrogen (secondary N) is 1. The minimum atomic E-state index is -3.32. The fourth-order valence-electron chi connectivity index (χ4n) is 2.41. The maximum atomic E-state index is 12.7. The Bertz CT molecular complexity index is 510. The zero-order valence-electron chi connectivity index (χ0n) is 12.0. The quantitative estimate of drug-likeness (QED) is 0.867.